The molecule has 1 aliphatic rings. The highest BCUT2D eigenvalue weighted by Crippen LogP contribution is 2.28. The predicted octanol–water partition coefficient (Wildman–Crippen LogP) is 3.27. The molecule has 1 saturated heterocycles. The van der Waals surface area contributed by atoms with Crippen molar-refractivity contribution in [1.82, 2.24) is 9.80 Å². The zero-order valence-electron chi connectivity index (χ0n) is 15.6. The molecule has 0 aromatic heterocycles. The lowest BCUT2D eigenvalue weighted by Crippen LogP contribution is -2.51. The van der Waals surface area contributed by atoms with Crippen LogP contribution in [0.5, 0.6) is 0 Å². The number of likely N-dealkylation sites (N-methyl/N-ethyl adjacent to an activating group) is 1. The van der Waals surface area contributed by atoms with Crippen LogP contribution < -0.4 is 4.90 Å². The van der Waals surface area contributed by atoms with Crippen LogP contribution in [0.15, 0.2) is 53.0 Å². The first-order valence-electron chi connectivity index (χ1n) is 8.96. The van der Waals surface area contributed by atoms with Gasteiger partial charge in [-0.25, -0.2) is 0 Å². The summed E-state index contributed by atoms with van der Waals surface area (Å²) in [6, 6.07) is 17.7. The molecule has 27 heavy (non-hydrogen) atoms. The second-order valence-electron chi connectivity index (χ2n) is 6.84. The molecule has 2 aromatic carbocycles. The number of hydrogen-bond acceptors (Lipinski definition) is 4. The second kappa shape index (κ2) is 8.55. The number of benzene rings is 2. The Balaban J connectivity index is 1.75. The third-order valence-corrected chi connectivity index (χ3v) is 5.56. The van der Waals surface area contributed by atoms with Gasteiger partial charge < -0.3 is 9.80 Å². The lowest BCUT2D eigenvalue weighted by Gasteiger charge is -2.40. The van der Waals surface area contributed by atoms with E-state index in [0.717, 1.165) is 41.9 Å². The van der Waals surface area contributed by atoms with E-state index in [1.807, 2.05) is 62.6 Å². The van der Waals surface area contributed by atoms with Crippen molar-refractivity contribution in [3.05, 3.63) is 64.1 Å². The van der Waals surface area contributed by atoms with Crippen LogP contribution in [0.2, 0.25) is 0 Å². The van der Waals surface area contributed by atoms with Gasteiger partial charge in [0.2, 0.25) is 5.91 Å². The van der Waals surface area contributed by atoms with Gasteiger partial charge in [0.15, 0.2) is 0 Å². The van der Waals surface area contributed by atoms with Crippen molar-refractivity contribution < 1.29 is 4.79 Å². The Morgan fingerprint density at radius 3 is 2.33 bits per heavy atom. The molecule has 6 heteroatoms. The van der Waals surface area contributed by atoms with E-state index in [-0.39, 0.29) is 11.9 Å². The number of hydrogen-bond donors (Lipinski definition) is 0. The summed E-state index contributed by atoms with van der Waals surface area (Å²) >= 11 is 3.46. The van der Waals surface area contributed by atoms with E-state index in [4.69, 9.17) is 5.26 Å². The van der Waals surface area contributed by atoms with E-state index in [2.05, 4.69) is 31.8 Å². The molecule has 0 radical (unpaired) electrons. The normalized spacial score (nSPS) is 15.9. The summed E-state index contributed by atoms with van der Waals surface area (Å²) < 4.78 is 0.815. The van der Waals surface area contributed by atoms with Crippen molar-refractivity contribution in [3.63, 3.8) is 0 Å². The Morgan fingerprint density at radius 2 is 1.78 bits per heavy atom. The zero-order chi connectivity index (χ0) is 19.4. The summed E-state index contributed by atoms with van der Waals surface area (Å²) in [7, 11) is 3.62. The zero-order valence-corrected chi connectivity index (χ0v) is 17.2. The van der Waals surface area contributed by atoms with E-state index in [1.165, 1.54) is 0 Å². The Labute approximate surface area is 168 Å². The van der Waals surface area contributed by atoms with Crippen molar-refractivity contribution >= 4 is 27.5 Å². The number of amides is 1. The molecule has 140 valence electrons. The van der Waals surface area contributed by atoms with Gasteiger partial charge in [-0.05, 0) is 39.7 Å². The molecule has 3 rings (SSSR count). The molecule has 5 nitrogen and oxygen atoms in total. The summed E-state index contributed by atoms with van der Waals surface area (Å²) in [4.78, 5) is 19.1. The van der Waals surface area contributed by atoms with E-state index < -0.39 is 0 Å². The van der Waals surface area contributed by atoms with Crippen molar-refractivity contribution in [2.75, 3.05) is 45.2 Å². The van der Waals surface area contributed by atoms with Crippen LogP contribution in [0.1, 0.15) is 17.2 Å². The maximum Gasteiger partial charge on any atom is 0.244 e. The third kappa shape index (κ3) is 4.32. The number of carbonyl (C=O) groups is 1. The molecule has 1 atom stereocenters. The van der Waals surface area contributed by atoms with Crippen LogP contribution in [0.3, 0.4) is 0 Å². The van der Waals surface area contributed by atoms with Gasteiger partial charge in [-0.15, -0.1) is 0 Å². The maximum atomic E-state index is 12.8. The number of piperazine rings is 1. The van der Waals surface area contributed by atoms with Gasteiger partial charge in [0.25, 0.3) is 0 Å². The monoisotopic (exact) mass is 426 g/mol. The smallest absolute Gasteiger partial charge is 0.244 e. The molecule has 0 bridgehead atoms. The average molecular weight is 427 g/mol. The number of nitriles is 1. The third-order valence-electron chi connectivity index (χ3n) is 4.91. The van der Waals surface area contributed by atoms with Crippen LogP contribution in [0, 0.1) is 11.3 Å². The fourth-order valence-corrected chi connectivity index (χ4v) is 3.87. The van der Waals surface area contributed by atoms with Crippen LogP contribution in [-0.4, -0.2) is 56.0 Å². The minimum Gasteiger partial charge on any atom is -0.369 e. The Kier molecular flexibility index (Phi) is 6.15. The first kappa shape index (κ1) is 19.4. The highest BCUT2D eigenvalue weighted by Gasteiger charge is 2.31. The lowest BCUT2D eigenvalue weighted by molar-refractivity contribution is -0.134. The van der Waals surface area contributed by atoms with Crippen LogP contribution in [0.4, 0.5) is 5.69 Å². The van der Waals surface area contributed by atoms with Gasteiger partial charge >= 0.3 is 0 Å². The molecular weight excluding hydrogens is 404 g/mol. The van der Waals surface area contributed by atoms with Crippen molar-refractivity contribution in [2.45, 2.75) is 6.04 Å². The Bertz CT molecular complexity index is 839. The van der Waals surface area contributed by atoms with Crippen LogP contribution in [-0.2, 0) is 4.79 Å². The van der Waals surface area contributed by atoms with Gasteiger partial charge in [0.1, 0.15) is 12.1 Å². The Hall–Kier alpha value is -2.36. The van der Waals surface area contributed by atoms with Gasteiger partial charge in [0, 0.05) is 50.4 Å². The van der Waals surface area contributed by atoms with Gasteiger partial charge in [-0.1, -0.05) is 30.3 Å². The van der Waals surface area contributed by atoms with Crippen molar-refractivity contribution in [2.24, 2.45) is 0 Å². The van der Waals surface area contributed by atoms with E-state index in [9.17, 15) is 4.79 Å². The first-order valence-corrected chi connectivity index (χ1v) is 9.75. The summed E-state index contributed by atoms with van der Waals surface area (Å²) in [6.45, 7) is 3.28. The SMILES string of the molecule is CN(C)C(=O)C(c1ccccc1)N1CCN(c2ccc(C#N)c(Br)c2)CC1. The largest absolute Gasteiger partial charge is 0.369 e. The molecule has 0 saturated carbocycles. The maximum absolute atomic E-state index is 12.8. The summed E-state index contributed by atoms with van der Waals surface area (Å²) in [5.41, 5.74) is 2.76. The Morgan fingerprint density at radius 1 is 1.11 bits per heavy atom. The fourth-order valence-electron chi connectivity index (χ4n) is 3.42. The molecule has 0 N–H and O–H groups in total. The number of halogens is 1. The van der Waals surface area contributed by atoms with E-state index in [0.29, 0.717) is 5.56 Å². The van der Waals surface area contributed by atoms with Crippen molar-refractivity contribution in [1.29, 1.82) is 5.26 Å². The van der Waals surface area contributed by atoms with Gasteiger partial charge in [-0.3, -0.25) is 9.69 Å². The minimum atomic E-state index is -0.254. The topological polar surface area (TPSA) is 50.6 Å². The molecule has 0 spiro atoms. The summed E-state index contributed by atoms with van der Waals surface area (Å²) in [5, 5.41) is 9.08. The van der Waals surface area contributed by atoms with Crippen molar-refractivity contribution in [3.8, 4) is 6.07 Å². The average Bonchev–Trinajstić information content (AvgIpc) is 2.69. The van der Waals surface area contributed by atoms with Gasteiger partial charge in [0.05, 0.1) is 5.56 Å². The molecule has 1 fully saturated rings. The molecule has 0 aliphatic carbocycles. The number of nitrogens with zero attached hydrogens (tertiary/aromatic N) is 4. The molecule has 1 amide bonds. The first-order chi connectivity index (χ1) is 13.0. The summed E-state index contributed by atoms with van der Waals surface area (Å²) in [6.07, 6.45) is 0. The van der Waals surface area contributed by atoms with E-state index >= 15 is 0 Å². The highest BCUT2D eigenvalue weighted by molar-refractivity contribution is 9.10. The molecule has 1 unspecified atom stereocenters. The highest BCUT2D eigenvalue weighted by atomic mass is 79.9. The molecular formula is C21H23BrN4O. The fraction of sp³-hybridized carbons (Fsp3) is 0.333. The molecule has 1 heterocycles. The standard InChI is InChI=1S/C21H23BrN4O/c1-24(2)21(27)20(16-6-4-3-5-7-16)26-12-10-25(11-13-26)18-9-8-17(15-23)19(22)14-18/h3-9,14,20H,10-13H2,1-2H3. The van der Waals surface area contributed by atoms with E-state index in [1.54, 1.807) is 4.90 Å². The quantitative estimate of drug-likeness (QED) is 0.752. The van der Waals surface area contributed by atoms with Crippen LogP contribution in [0.25, 0.3) is 0 Å². The van der Waals surface area contributed by atoms with Gasteiger partial charge in [-0.2, -0.15) is 5.26 Å². The predicted molar refractivity (Wildman–Crippen MR) is 111 cm³/mol. The molecule has 2 aromatic rings. The van der Waals surface area contributed by atoms with Crippen LogP contribution >= 0.6 is 15.9 Å². The summed E-state index contributed by atoms with van der Waals surface area (Å²) in [5.74, 6) is 0.107. The number of anilines is 1. The second-order valence-corrected chi connectivity index (χ2v) is 7.70. The lowest BCUT2D eigenvalue weighted by atomic mass is 10.0. The number of carbonyl (C=O) groups excluding carboxylic acids is 1. The number of rotatable bonds is 4. The minimum absolute atomic E-state index is 0.107. The molecule has 1 aliphatic heterocycles.